The fraction of sp³-hybridized carbons (Fsp3) is 0.294. The van der Waals surface area contributed by atoms with Crippen molar-refractivity contribution in [3.8, 4) is 5.75 Å². The van der Waals surface area contributed by atoms with Crippen LogP contribution in [0.15, 0.2) is 60.7 Å². The van der Waals surface area contributed by atoms with Gasteiger partial charge in [-0.1, -0.05) is 48.5 Å². The Morgan fingerprint density at radius 2 is 1.32 bits per heavy atom. The standard InChI is InChI=1S/C17H18O2/c1-3-9-15(10-4-1)17(13-7-8-14-17)19-18-16-11-5-2-6-12-16/h1-6,9-12H,7-8,13-14H2. The van der Waals surface area contributed by atoms with Crippen molar-refractivity contribution in [2.24, 2.45) is 0 Å². The van der Waals surface area contributed by atoms with Gasteiger partial charge in [-0.2, -0.15) is 4.89 Å². The van der Waals surface area contributed by atoms with Gasteiger partial charge in [0.25, 0.3) is 0 Å². The Hall–Kier alpha value is -1.80. The Bertz CT molecular complexity index is 501. The molecule has 19 heavy (non-hydrogen) atoms. The summed E-state index contributed by atoms with van der Waals surface area (Å²) in [6.07, 6.45) is 4.41. The van der Waals surface area contributed by atoms with Crippen molar-refractivity contribution >= 4 is 0 Å². The first-order valence-electron chi connectivity index (χ1n) is 6.85. The average Bonchev–Trinajstić information content (AvgIpc) is 2.97. The SMILES string of the molecule is c1ccc(OOC2(c3ccccc3)CCCC2)cc1. The Labute approximate surface area is 113 Å². The summed E-state index contributed by atoms with van der Waals surface area (Å²) in [4.78, 5) is 11.4. The van der Waals surface area contributed by atoms with Gasteiger partial charge in [0, 0.05) is 0 Å². The van der Waals surface area contributed by atoms with Crippen LogP contribution in [-0.2, 0) is 10.5 Å². The Morgan fingerprint density at radius 3 is 1.95 bits per heavy atom. The second-order valence-corrected chi connectivity index (χ2v) is 5.05. The van der Waals surface area contributed by atoms with Crippen LogP contribution in [-0.4, -0.2) is 0 Å². The van der Waals surface area contributed by atoms with Crippen molar-refractivity contribution in [2.45, 2.75) is 31.3 Å². The fourth-order valence-corrected chi connectivity index (χ4v) is 2.71. The zero-order valence-electron chi connectivity index (χ0n) is 10.9. The largest absolute Gasteiger partial charge is 0.337 e. The topological polar surface area (TPSA) is 18.5 Å². The van der Waals surface area contributed by atoms with Crippen molar-refractivity contribution in [2.75, 3.05) is 0 Å². The molecule has 0 heterocycles. The highest BCUT2D eigenvalue weighted by atomic mass is 17.2. The molecule has 1 aliphatic rings. The maximum atomic E-state index is 5.86. The summed E-state index contributed by atoms with van der Waals surface area (Å²) in [5, 5.41) is 0. The maximum absolute atomic E-state index is 5.86. The van der Waals surface area contributed by atoms with Crippen molar-refractivity contribution in [3.63, 3.8) is 0 Å². The van der Waals surface area contributed by atoms with E-state index in [1.54, 1.807) is 0 Å². The van der Waals surface area contributed by atoms with Gasteiger partial charge in [0.15, 0.2) is 5.75 Å². The van der Waals surface area contributed by atoms with Crippen LogP contribution in [0.5, 0.6) is 5.75 Å². The van der Waals surface area contributed by atoms with Crippen molar-refractivity contribution < 1.29 is 9.78 Å². The molecule has 2 heteroatoms. The summed E-state index contributed by atoms with van der Waals surface area (Å²) in [5.74, 6) is 0.754. The molecule has 3 rings (SSSR count). The quantitative estimate of drug-likeness (QED) is 0.592. The van der Waals surface area contributed by atoms with E-state index in [0.29, 0.717) is 0 Å². The van der Waals surface area contributed by atoms with Crippen LogP contribution in [0, 0.1) is 0 Å². The third-order valence-electron chi connectivity index (χ3n) is 3.75. The van der Waals surface area contributed by atoms with Gasteiger partial charge in [-0.3, -0.25) is 0 Å². The lowest BCUT2D eigenvalue weighted by Crippen LogP contribution is -2.27. The summed E-state index contributed by atoms with van der Waals surface area (Å²) >= 11 is 0. The highest BCUT2D eigenvalue weighted by Gasteiger charge is 2.38. The van der Waals surface area contributed by atoms with E-state index in [-0.39, 0.29) is 5.60 Å². The van der Waals surface area contributed by atoms with Gasteiger partial charge in [-0.25, -0.2) is 0 Å². The monoisotopic (exact) mass is 254 g/mol. The molecule has 98 valence electrons. The van der Waals surface area contributed by atoms with Crippen LogP contribution in [0.2, 0.25) is 0 Å². The van der Waals surface area contributed by atoms with E-state index >= 15 is 0 Å². The van der Waals surface area contributed by atoms with E-state index in [1.807, 2.05) is 36.4 Å². The van der Waals surface area contributed by atoms with Gasteiger partial charge < -0.3 is 4.89 Å². The molecule has 0 aromatic heterocycles. The van der Waals surface area contributed by atoms with Gasteiger partial charge in [0.1, 0.15) is 5.60 Å². The van der Waals surface area contributed by atoms with E-state index in [2.05, 4.69) is 24.3 Å². The molecule has 0 aliphatic heterocycles. The predicted octanol–water partition coefficient (Wildman–Crippen LogP) is 4.47. The van der Waals surface area contributed by atoms with Gasteiger partial charge in [0.05, 0.1) is 0 Å². The number of hydrogen-bond donors (Lipinski definition) is 0. The molecule has 0 amide bonds. The van der Waals surface area contributed by atoms with E-state index < -0.39 is 0 Å². The van der Waals surface area contributed by atoms with Crippen molar-refractivity contribution in [1.82, 2.24) is 0 Å². The third kappa shape index (κ3) is 2.64. The molecule has 0 radical (unpaired) electrons. The fourth-order valence-electron chi connectivity index (χ4n) is 2.71. The first kappa shape index (κ1) is 12.2. The second kappa shape index (κ2) is 5.45. The zero-order valence-corrected chi connectivity index (χ0v) is 10.9. The van der Waals surface area contributed by atoms with Crippen LogP contribution < -0.4 is 4.89 Å². The molecule has 0 spiro atoms. The van der Waals surface area contributed by atoms with Gasteiger partial charge in [-0.05, 0) is 43.4 Å². The molecular weight excluding hydrogens is 236 g/mol. The summed E-state index contributed by atoms with van der Waals surface area (Å²) < 4.78 is 0. The lowest BCUT2D eigenvalue weighted by molar-refractivity contribution is -0.296. The highest BCUT2D eigenvalue weighted by Crippen LogP contribution is 2.42. The van der Waals surface area contributed by atoms with E-state index in [4.69, 9.17) is 9.78 Å². The Balaban J connectivity index is 1.78. The van der Waals surface area contributed by atoms with Gasteiger partial charge >= 0.3 is 0 Å². The molecule has 0 atom stereocenters. The zero-order chi connectivity index (χ0) is 13.0. The first-order chi connectivity index (χ1) is 9.39. The summed E-state index contributed by atoms with van der Waals surface area (Å²) in [6.45, 7) is 0. The second-order valence-electron chi connectivity index (χ2n) is 5.05. The van der Waals surface area contributed by atoms with Crippen molar-refractivity contribution in [3.05, 3.63) is 66.2 Å². The lowest BCUT2D eigenvalue weighted by Gasteiger charge is -2.27. The molecule has 1 aliphatic carbocycles. The van der Waals surface area contributed by atoms with E-state index in [0.717, 1.165) is 18.6 Å². The van der Waals surface area contributed by atoms with Crippen LogP contribution in [0.25, 0.3) is 0 Å². The van der Waals surface area contributed by atoms with Crippen molar-refractivity contribution in [1.29, 1.82) is 0 Å². The molecule has 0 bridgehead atoms. The van der Waals surface area contributed by atoms with Crippen LogP contribution in [0.3, 0.4) is 0 Å². The molecule has 2 nitrogen and oxygen atoms in total. The molecule has 0 N–H and O–H groups in total. The number of benzene rings is 2. The molecule has 0 saturated heterocycles. The summed E-state index contributed by atoms with van der Waals surface area (Å²) in [5.41, 5.74) is 0.931. The molecule has 1 saturated carbocycles. The molecule has 2 aromatic rings. The number of rotatable bonds is 4. The minimum atomic E-state index is -0.281. The number of para-hydroxylation sites is 1. The predicted molar refractivity (Wildman–Crippen MR) is 74.7 cm³/mol. The van der Waals surface area contributed by atoms with Crippen LogP contribution >= 0.6 is 0 Å². The minimum Gasteiger partial charge on any atom is -0.337 e. The molecule has 2 aromatic carbocycles. The average molecular weight is 254 g/mol. The molecule has 1 fully saturated rings. The Morgan fingerprint density at radius 1 is 0.737 bits per heavy atom. The van der Waals surface area contributed by atoms with Gasteiger partial charge in [-0.15, -0.1) is 0 Å². The third-order valence-corrected chi connectivity index (χ3v) is 3.75. The van der Waals surface area contributed by atoms with Gasteiger partial charge in [0.2, 0.25) is 0 Å². The van der Waals surface area contributed by atoms with E-state index in [9.17, 15) is 0 Å². The maximum Gasteiger partial charge on any atom is 0.165 e. The van der Waals surface area contributed by atoms with E-state index in [1.165, 1.54) is 18.4 Å². The summed E-state index contributed by atoms with van der Waals surface area (Å²) in [6, 6.07) is 20.1. The lowest BCUT2D eigenvalue weighted by atomic mass is 9.92. The molecule has 0 unspecified atom stereocenters. The molecular formula is C17H18O2. The Kier molecular flexibility index (Phi) is 3.51. The minimum absolute atomic E-state index is 0.281. The highest BCUT2D eigenvalue weighted by molar-refractivity contribution is 5.24. The van der Waals surface area contributed by atoms with Crippen LogP contribution in [0.1, 0.15) is 31.2 Å². The number of hydrogen-bond acceptors (Lipinski definition) is 2. The normalized spacial score (nSPS) is 17.3. The smallest absolute Gasteiger partial charge is 0.165 e. The first-order valence-corrected chi connectivity index (χ1v) is 6.85. The van der Waals surface area contributed by atoms with Crippen LogP contribution in [0.4, 0.5) is 0 Å². The summed E-state index contributed by atoms with van der Waals surface area (Å²) in [7, 11) is 0.